The molecule has 1 heterocycles. The van der Waals surface area contributed by atoms with Crippen molar-refractivity contribution in [1.29, 1.82) is 0 Å². The highest BCUT2D eigenvalue weighted by atomic mass is 35.5. The molecule has 0 atom stereocenters. The average Bonchev–Trinajstić information content (AvgIpc) is 2.36. The molecule has 0 unspecified atom stereocenters. The molecule has 0 N–H and O–H groups in total. The van der Waals surface area contributed by atoms with Crippen LogP contribution in [-0.2, 0) is 14.3 Å². The Morgan fingerprint density at radius 1 is 1.10 bits per heavy atom. The molecule has 0 spiro atoms. The monoisotopic (exact) mass is 360 g/mol. The Labute approximate surface area is 126 Å². The van der Waals surface area contributed by atoms with Crippen LogP contribution in [0.5, 0.6) is 0 Å². The lowest BCUT2D eigenvalue weighted by Crippen LogP contribution is -2.20. The van der Waals surface area contributed by atoms with Gasteiger partial charge in [-0.1, -0.05) is 23.2 Å². The summed E-state index contributed by atoms with van der Waals surface area (Å²) in [5, 5.41) is -0.233. The van der Waals surface area contributed by atoms with Crippen LogP contribution in [0.3, 0.4) is 0 Å². The first-order chi connectivity index (χ1) is 9.58. The first-order valence-corrected chi connectivity index (χ1v) is 7.34. The summed E-state index contributed by atoms with van der Waals surface area (Å²) in [7, 11) is -4.57. The predicted molar refractivity (Wildman–Crippen MR) is 68.8 cm³/mol. The Morgan fingerprint density at radius 3 is 2.24 bits per heavy atom. The van der Waals surface area contributed by atoms with E-state index in [4.69, 9.17) is 23.2 Å². The second-order valence-corrected chi connectivity index (χ2v) is 6.12. The highest BCUT2D eigenvalue weighted by Gasteiger charge is 2.31. The molecule has 2 aromatic rings. The Hall–Kier alpha value is -1.16. The summed E-state index contributed by atoms with van der Waals surface area (Å²) in [6, 6.07) is 3.26. The second-order valence-electron chi connectivity index (χ2n) is 3.79. The van der Waals surface area contributed by atoms with E-state index in [1.165, 1.54) is 6.07 Å². The van der Waals surface area contributed by atoms with Crippen molar-refractivity contribution in [2.75, 3.05) is 6.61 Å². The van der Waals surface area contributed by atoms with Gasteiger partial charge >= 0.3 is 6.18 Å². The molecule has 0 fully saturated rings. The average molecular weight is 361 g/mol. The second kappa shape index (κ2) is 5.56. The minimum absolute atomic E-state index is 0.0566. The topological polar surface area (TPSA) is 69.2 Å². The molecule has 11 heteroatoms. The molecule has 0 aliphatic heterocycles. The van der Waals surface area contributed by atoms with Crippen molar-refractivity contribution < 1.29 is 25.8 Å². The lowest BCUT2D eigenvalue weighted by Gasteiger charge is -2.08. The van der Waals surface area contributed by atoms with E-state index in [-0.39, 0.29) is 21.3 Å². The number of hydrogen-bond donors (Lipinski definition) is 0. The van der Waals surface area contributed by atoms with E-state index in [1.807, 2.05) is 0 Å². The molecule has 1 aromatic heterocycles. The van der Waals surface area contributed by atoms with Crippen molar-refractivity contribution in [3.63, 3.8) is 0 Å². The summed E-state index contributed by atoms with van der Waals surface area (Å²) < 4.78 is 63.2. The fourth-order valence-corrected chi connectivity index (χ4v) is 2.54. The first-order valence-electron chi connectivity index (χ1n) is 5.17. The fraction of sp³-hybridized carbons (Fsp3) is 0.200. The van der Waals surface area contributed by atoms with Crippen LogP contribution >= 0.6 is 23.2 Å². The van der Waals surface area contributed by atoms with Gasteiger partial charge in [0, 0.05) is 0 Å². The zero-order chi connectivity index (χ0) is 15.8. The number of nitrogens with zero attached hydrogens (tertiary/aromatic N) is 2. The lowest BCUT2D eigenvalue weighted by molar-refractivity contribution is -0.152. The highest BCUT2D eigenvalue weighted by molar-refractivity contribution is 7.86. The third-order valence-corrected chi connectivity index (χ3v) is 4.10. The molecule has 2 rings (SSSR count). The number of halogens is 5. The van der Waals surface area contributed by atoms with Crippen LogP contribution < -0.4 is 0 Å². The maximum Gasteiger partial charge on any atom is 0.413 e. The van der Waals surface area contributed by atoms with Crippen molar-refractivity contribution >= 4 is 44.4 Å². The molecule has 0 aliphatic rings. The molecule has 0 bridgehead atoms. The molecule has 21 heavy (non-hydrogen) atoms. The van der Waals surface area contributed by atoms with Crippen LogP contribution in [0.4, 0.5) is 13.2 Å². The van der Waals surface area contributed by atoms with Gasteiger partial charge in [0.2, 0.25) is 0 Å². The van der Waals surface area contributed by atoms with Gasteiger partial charge < -0.3 is 0 Å². The highest BCUT2D eigenvalue weighted by Crippen LogP contribution is 2.25. The van der Waals surface area contributed by atoms with Crippen molar-refractivity contribution in [1.82, 2.24) is 9.97 Å². The minimum atomic E-state index is -4.76. The molecule has 5 nitrogen and oxygen atoms in total. The summed E-state index contributed by atoms with van der Waals surface area (Å²) in [4.78, 5) is 7.13. The summed E-state index contributed by atoms with van der Waals surface area (Å²) in [6.07, 6.45) is -4.76. The smallest absolute Gasteiger partial charge is 0.257 e. The van der Waals surface area contributed by atoms with Crippen LogP contribution in [0, 0.1) is 0 Å². The third kappa shape index (κ3) is 3.94. The van der Waals surface area contributed by atoms with Gasteiger partial charge in [-0.2, -0.15) is 21.6 Å². The summed E-state index contributed by atoms with van der Waals surface area (Å²) in [5.41, 5.74) is 0.292. The van der Waals surface area contributed by atoms with Crippen LogP contribution in [0.25, 0.3) is 11.0 Å². The van der Waals surface area contributed by atoms with Crippen molar-refractivity contribution in [2.24, 2.45) is 0 Å². The number of rotatable bonds is 3. The molecule has 0 amide bonds. The number of alkyl halides is 3. The van der Waals surface area contributed by atoms with E-state index in [1.54, 1.807) is 0 Å². The minimum Gasteiger partial charge on any atom is -0.257 e. The van der Waals surface area contributed by atoms with Crippen LogP contribution in [0.2, 0.25) is 10.3 Å². The van der Waals surface area contributed by atoms with Crippen LogP contribution in [0.1, 0.15) is 0 Å². The van der Waals surface area contributed by atoms with Gasteiger partial charge in [0.25, 0.3) is 10.1 Å². The molecule has 0 radical (unpaired) electrons. The first kappa shape index (κ1) is 16.2. The Morgan fingerprint density at radius 2 is 1.67 bits per heavy atom. The standard InChI is InChI=1S/C10H5Cl2F3N2O3S/c11-8-9(12)17-7-3-5(1-2-6(7)16-8)21(18,19)20-4-10(13,14)15/h1-3H,4H2. The number of aromatic nitrogens is 2. The number of hydrogen-bond acceptors (Lipinski definition) is 5. The van der Waals surface area contributed by atoms with Gasteiger partial charge in [-0.15, -0.1) is 0 Å². The van der Waals surface area contributed by atoms with E-state index in [9.17, 15) is 21.6 Å². The third-order valence-electron chi connectivity index (χ3n) is 2.22. The zero-order valence-electron chi connectivity index (χ0n) is 9.86. The largest absolute Gasteiger partial charge is 0.413 e. The van der Waals surface area contributed by atoms with Gasteiger partial charge in [0.05, 0.1) is 15.9 Å². The quantitative estimate of drug-likeness (QED) is 0.786. The van der Waals surface area contributed by atoms with Gasteiger partial charge in [0.15, 0.2) is 16.9 Å². The van der Waals surface area contributed by atoms with Crippen molar-refractivity contribution in [2.45, 2.75) is 11.1 Å². The van der Waals surface area contributed by atoms with E-state index < -0.39 is 27.8 Å². The molecule has 0 saturated heterocycles. The van der Waals surface area contributed by atoms with Crippen molar-refractivity contribution in [3.05, 3.63) is 28.5 Å². The normalized spacial score (nSPS) is 12.8. The number of benzene rings is 1. The lowest BCUT2D eigenvalue weighted by atomic mass is 10.3. The summed E-state index contributed by atoms with van der Waals surface area (Å²) >= 11 is 11.3. The van der Waals surface area contributed by atoms with Gasteiger partial charge in [0.1, 0.15) is 0 Å². The zero-order valence-corrected chi connectivity index (χ0v) is 12.2. The summed E-state index contributed by atoms with van der Waals surface area (Å²) in [6.45, 7) is -1.92. The van der Waals surface area contributed by atoms with Crippen molar-refractivity contribution in [3.8, 4) is 0 Å². The summed E-state index contributed by atoms with van der Waals surface area (Å²) in [5.74, 6) is 0. The van der Waals surface area contributed by atoms with E-state index in [2.05, 4.69) is 14.2 Å². The van der Waals surface area contributed by atoms with E-state index in [0.29, 0.717) is 0 Å². The Kier molecular flexibility index (Phi) is 4.29. The predicted octanol–water partition coefficient (Wildman–Crippen LogP) is 3.20. The maximum atomic E-state index is 12.0. The number of fused-ring (bicyclic) bond motifs is 1. The molecule has 0 saturated carbocycles. The van der Waals surface area contributed by atoms with E-state index in [0.717, 1.165) is 12.1 Å². The van der Waals surface area contributed by atoms with Gasteiger partial charge in [-0.3, -0.25) is 4.18 Å². The molecule has 1 aromatic carbocycles. The molecular formula is C10H5Cl2F3N2O3S. The molecular weight excluding hydrogens is 356 g/mol. The van der Waals surface area contributed by atoms with Crippen LogP contribution in [-0.4, -0.2) is 31.2 Å². The van der Waals surface area contributed by atoms with Crippen LogP contribution in [0.15, 0.2) is 23.1 Å². The van der Waals surface area contributed by atoms with Gasteiger partial charge in [-0.05, 0) is 18.2 Å². The fourth-order valence-electron chi connectivity index (χ4n) is 1.36. The van der Waals surface area contributed by atoms with E-state index >= 15 is 0 Å². The SMILES string of the molecule is O=S(=O)(OCC(F)(F)F)c1ccc2nc(Cl)c(Cl)nc2c1. The maximum absolute atomic E-state index is 12.0. The molecule has 114 valence electrons. The molecule has 0 aliphatic carbocycles. The Balaban J connectivity index is 2.40. The Bertz CT molecular complexity index is 796. The van der Waals surface area contributed by atoms with Gasteiger partial charge in [-0.25, -0.2) is 9.97 Å².